The van der Waals surface area contributed by atoms with Gasteiger partial charge in [-0.25, -0.2) is 0 Å². The van der Waals surface area contributed by atoms with E-state index in [0.717, 1.165) is 57.0 Å². The molecule has 1 aliphatic rings. The van der Waals surface area contributed by atoms with Gasteiger partial charge in [-0.2, -0.15) is 0 Å². The monoisotopic (exact) mass is 477 g/mol. The van der Waals surface area contributed by atoms with E-state index in [0.29, 0.717) is 29.6 Å². The molecule has 186 valence electrons. The van der Waals surface area contributed by atoms with E-state index in [1.807, 2.05) is 36.4 Å². The standard InChI is InChI=1S/C29H35NO5/c1-4-5-22-8-12-26(34-21-23-6-10-25(31-2)11-7-23)29(18-22)35-27-13-9-24(19-28(27)32-3)20-30-14-16-33-17-15-30/h6-13,18-19H,4-5,14-17,20-21H2,1-3H3. The third-order valence-corrected chi connectivity index (χ3v) is 6.06. The molecule has 1 heterocycles. The molecule has 3 aromatic carbocycles. The molecule has 35 heavy (non-hydrogen) atoms. The highest BCUT2D eigenvalue weighted by Crippen LogP contribution is 2.38. The van der Waals surface area contributed by atoms with Crippen LogP contribution < -0.4 is 18.9 Å². The van der Waals surface area contributed by atoms with Crippen LogP contribution in [0.2, 0.25) is 0 Å². The maximum absolute atomic E-state index is 6.38. The number of ether oxygens (including phenoxy) is 5. The molecule has 0 spiro atoms. The maximum Gasteiger partial charge on any atom is 0.169 e. The second kappa shape index (κ2) is 12.5. The van der Waals surface area contributed by atoms with Crippen LogP contribution in [-0.4, -0.2) is 45.4 Å². The summed E-state index contributed by atoms with van der Waals surface area (Å²) >= 11 is 0. The van der Waals surface area contributed by atoms with Crippen molar-refractivity contribution in [1.82, 2.24) is 4.90 Å². The summed E-state index contributed by atoms with van der Waals surface area (Å²) in [5.41, 5.74) is 3.45. The third-order valence-electron chi connectivity index (χ3n) is 6.06. The predicted molar refractivity (Wildman–Crippen MR) is 137 cm³/mol. The Labute approximate surface area is 208 Å². The zero-order valence-electron chi connectivity index (χ0n) is 20.9. The van der Waals surface area contributed by atoms with E-state index >= 15 is 0 Å². The molecule has 0 saturated carbocycles. The summed E-state index contributed by atoms with van der Waals surface area (Å²) < 4.78 is 29.0. The number of benzene rings is 3. The first-order chi connectivity index (χ1) is 17.2. The molecule has 0 aromatic heterocycles. The van der Waals surface area contributed by atoms with Gasteiger partial charge in [0.2, 0.25) is 0 Å². The number of methoxy groups -OCH3 is 2. The van der Waals surface area contributed by atoms with Crippen molar-refractivity contribution in [2.75, 3.05) is 40.5 Å². The summed E-state index contributed by atoms with van der Waals surface area (Å²) in [5.74, 6) is 3.58. The average Bonchev–Trinajstić information content (AvgIpc) is 2.90. The third kappa shape index (κ3) is 6.90. The highest BCUT2D eigenvalue weighted by molar-refractivity contribution is 5.50. The second-order valence-corrected chi connectivity index (χ2v) is 8.64. The van der Waals surface area contributed by atoms with Crippen LogP contribution in [0.3, 0.4) is 0 Å². The Bertz CT molecular complexity index is 1080. The maximum atomic E-state index is 6.38. The van der Waals surface area contributed by atoms with Crippen molar-refractivity contribution in [2.24, 2.45) is 0 Å². The van der Waals surface area contributed by atoms with Gasteiger partial charge >= 0.3 is 0 Å². The smallest absolute Gasteiger partial charge is 0.169 e. The van der Waals surface area contributed by atoms with Crippen LogP contribution in [0.4, 0.5) is 0 Å². The van der Waals surface area contributed by atoms with Gasteiger partial charge < -0.3 is 23.7 Å². The van der Waals surface area contributed by atoms with Crippen molar-refractivity contribution in [3.05, 3.63) is 77.4 Å². The first-order valence-corrected chi connectivity index (χ1v) is 12.2. The van der Waals surface area contributed by atoms with Gasteiger partial charge in [-0.3, -0.25) is 4.90 Å². The highest BCUT2D eigenvalue weighted by Gasteiger charge is 2.15. The van der Waals surface area contributed by atoms with Gasteiger partial charge in [0.1, 0.15) is 12.4 Å². The normalized spacial score (nSPS) is 13.9. The Kier molecular flexibility index (Phi) is 8.87. The minimum Gasteiger partial charge on any atom is -0.497 e. The topological polar surface area (TPSA) is 49.4 Å². The number of nitrogens with zero attached hydrogens (tertiary/aromatic N) is 1. The highest BCUT2D eigenvalue weighted by atomic mass is 16.5. The molecule has 3 aromatic rings. The Hall–Kier alpha value is -3.22. The zero-order valence-corrected chi connectivity index (χ0v) is 20.9. The second-order valence-electron chi connectivity index (χ2n) is 8.64. The van der Waals surface area contributed by atoms with Gasteiger partial charge in [0.05, 0.1) is 27.4 Å². The lowest BCUT2D eigenvalue weighted by Gasteiger charge is -2.26. The summed E-state index contributed by atoms with van der Waals surface area (Å²) in [4.78, 5) is 2.39. The zero-order chi connectivity index (χ0) is 24.5. The van der Waals surface area contributed by atoms with Crippen LogP contribution >= 0.6 is 0 Å². The van der Waals surface area contributed by atoms with Gasteiger partial charge in [0.15, 0.2) is 23.0 Å². The van der Waals surface area contributed by atoms with Crippen molar-refractivity contribution in [3.63, 3.8) is 0 Å². The molecule has 6 heteroatoms. The molecular formula is C29H35NO5. The fourth-order valence-electron chi connectivity index (χ4n) is 4.11. The number of hydrogen-bond acceptors (Lipinski definition) is 6. The molecule has 0 atom stereocenters. The Balaban J connectivity index is 1.52. The van der Waals surface area contributed by atoms with E-state index in [1.165, 1.54) is 11.1 Å². The first-order valence-electron chi connectivity index (χ1n) is 12.2. The molecular weight excluding hydrogens is 442 g/mol. The van der Waals surface area contributed by atoms with Gasteiger partial charge in [-0.05, 0) is 59.5 Å². The summed E-state index contributed by atoms with van der Waals surface area (Å²) in [5, 5.41) is 0. The number of aryl methyl sites for hydroxylation is 1. The SMILES string of the molecule is CCCc1ccc(OCc2ccc(OC)cc2)c(Oc2ccc(CN3CCOCC3)cc2OC)c1. The number of hydrogen-bond donors (Lipinski definition) is 0. The van der Waals surface area contributed by atoms with Crippen LogP contribution in [0, 0.1) is 0 Å². The van der Waals surface area contributed by atoms with Crippen molar-refractivity contribution in [2.45, 2.75) is 32.9 Å². The largest absolute Gasteiger partial charge is 0.497 e. The molecule has 6 nitrogen and oxygen atoms in total. The lowest BCUT2D eigenvalue weighted by Crippen LogP contribution is -2.35. The minimum atomic E-state index is 0.434. The molecule has 1 aliphatic heterocycles. The summed E-state index contributed by atoms with van der Waals surface area (Å²) in [6.07, 6.45) is 2.04. The average molecular weight is 478 g/mol. The molecule has 1 fully saturated rings. The molecule has 0 unspecified atom stereocenters. The van der Waals surface area contributed by atoms with Crippen LogP contribution in [-0.2, 0) is 24.3 Å². The molecule has 0 bridgehead atoms. The summed E-state index contributed by atoms with van der Waals surface area (Å²) in [6.45, 7) is 6.92. The Morgan fingerprint density at radius 2 is 1.43 bits per heavy atom. The summed E-state index contributed by atoms with van der Waals surface area (Å²) in [7, 11) is 3.34. The van der Waals surface area contributed by atoms with Crippen LogP contribution in [0.1, 0.15) is 30.0 Å². The fourth-order valence-corrected chi connectivity index (χ4v) is 4.11. The molecule has 1 saturated heterocycles. The minimum absolute atomic E-state index is 0.434. The van der Waals surface area contributed by atoms with Gasteiger partial charge in [0, 0.05) is 19.6 Å². The van der Waals surface area contributed by atoms with E-state index < -0.39 is 0 Å². The van der Waals surface area contributed by atoms with Crippen molar-refractivity contribution in [1.29, 1.82) is 0 Å². The number of morpholine rings is 1. The Morgan fingerprint density at radius 1 is 0.743 bits per heavy atom. The molecule has 0 N–H and O–H groups in total. The predicted octanol–water partition coefficient (Wildman–Crippen LogP) is 5.86. The number of rotatable bonds is 11. The van der Waals surface area contributed by atoms with E-state index in [9.17, 15) is 0 Å². The van der Waals surface area contributed by atoms with Crippen molar-refractivity contribution < 1.29 is 23.7 Å². The molecule has 0 aliphatic carbocycles. The van der Waals surface area contributed by atoms with Crippen molar-refractivity contribution in [3.8, 4) is 28.7 Å². The quantitative estimate of drug-likeness (QED) is 0.345. The van der Waals surface area contributed by atoms with E-state index in [2.05, 4.69) is 36.1 Å². The van der Waals surface area contributed by atoms with Crippen LogP contribution in [0.15, 0.2) is 60.7 Å². The van der Waals surface area contributed by atoms with Gasteiger partial charge in [-0.1, -0.05) is 37.6 Å². The van der Waals surface area contributed by atoms with E-state index in [-0.39, 0.29) is 0 Å². The van der Waals surface area contributed by atoms with E-state index in [1.54, 1.807) is 14.2 Å². The molecule has 4 rings (SSSR count). The molecule has 0 radical (unpaired) electrons. The lowest BCUT2D eigenvalue weighted by molar-refractivity contribution is 0.0341. The van der Waals surface area contributed by atoms with Gasteiger partial charge in [0.25, 0.3) is 0 Å². The fraction of sp³-hybridized carbons (Fsp3) is 0.379. The lowest BCUT2D eigenvalue weighted by atomic mass is 10.1. The molecule has 0 amide bonds. The summed E-state index contributed by atoms with van der Waals surface area (Å²) in [6, 6.07) is 20.2. The first kappa shape index (κ1) is 24.9. The Morgan fingerprint density at radius 3 is 2.14 bits per heavy atom. The van der Waals surface area contributed by atoms with E-state index in [4.69, 9.17) is 23.7 Å². The van der Waals surface area contributed by atoms with Crippen LogP contribution in [0.25, 0.3) is 0 Å². The van der Waals surface area contributed by atoms with Crippen molar-refractivity contribution >= 4 is 0 Å². The van der Waals surface area contributed by atoms with Gasteiger partial charge in [-0.15, -0.1) is 0 Å². The van der Waals surface area contributed by atoms with Crippen LogP contribution in [0.5, 0.6) is 28.7 Å².